The van der Waals surface area contributed by atoms with Crippen molar-refractivity contribution in [3.63, 3.8) is 0 Å². The lowest BCUT2D eigenvalue weighted by atomic mass is 9.61. The summed E-state index contributed by atoms with van der Waals surface area (Å²) in [5.74, 6) is 2.37. The van der Waals surface area contributed by atoms with Crippen molar-refractivity contribution in [2.24, 2.45) is 11.3 Å². The molecule has 0 radical (unpaired) electrons. The minimum absolute atomic E-state index is 0.0322. The van der Waals surface area contributed by atoms with E-state index in [1.54, 1.807) is 11.1 Å². The molecule has 1 aromatic carbocycles. The van der Waals surface area contributed by atoms with Crippen molar-refractivity contribution in [3.8, 4) is 17.2 Å². The summed E-state index contributed by atoms with van der Waals surface area (Å²) in [6, 6.07) is 6.04. The Bertz CT molecular complexity index is 1550. The fraction of sp³-hybridized carbons (Fsp3) is 0.529. The van der Waals surface area contributed by atoms with Gasteiger partial charge in [-0.15, -0.1) is 0 Å². The molecule has 1 spiro atoms. The van der Waals surface area contributed by atoms with E-state index in [1.165, 1.54) is 35.8 Å². The molecule has 3 aliphatic heterocycles. The quantitative estimate of drug-likeness (QED) is 0.358. The molecule has 7 rings (SSSR count). The summed E-state index contributed by atoms with van der Waals surface area (Å²) < 4.78 is 27.1. The molecule has 5 heterocycles. The Hall–Kier alpha value is -3.83. The van der Waals surface area contributed by atoms with E-state index in [4.69, 9.17) is 9.47 Å². The van der Waals surface area contributed by atoms with E-state index in [9.17, 15) is 9.18 Å². The van der Waals surface area contributed by atoms with E-state index in [0.29, 0.717) is 18.1 Å². The second-order valence-electron chi connectivity index (χ2n) is 13.4. The Morgan fingerprint density at radius 2 is 1.98 bits per heavy atom. The van der Waals surface area contributed by atoms with Gasteiger partial charge in [-0.1, -0.05) is 0 Å². The van der Waals surface area contributed by atoms with E-state index >= 15 is 0 Å². The number of hydrogen-bond donors (Lipinski definition) is 1. The summed E-state index contributed by atoms with van der Waals surface area (Å²) in [5, 5.41) is 3.38. The first-order valence-electron chi connectivity index (χ1n) is 16.2. The van der Waals surface area contributed by atoms with Gasteiger partial charge >= 0.3 is 0 Å². The molecule has 1 N–H and O–H groups in total. The van der Waals surface area contributed by atoms with Crippen LogP contribution in [0.4, 0.5) is 10.2 Å². The number of halogens is 1. The van der Waals surface area contributed by atoms with Crippen LogP contribution in [-0.4, -0.2) is 88.6 Å². The van der Waals surface area contributed by atoms with Gasteiger partial charge in [0.05, 0.1) is 11.8 Å². The molecule has 4 aliphatic rings. The topological polar surface area (TPSA) is 96.0 Å². The number of anilines is 1. The predicted molar refractivity (Wildman–Crippen MR) is 168 cm³/mol. The molecule has 238 valence electrons. The highest BCUT2D eigenvalue weighted by molar-refractivity contribution is 5.97. The summed E-state index contributed by atoms with van der Waals surface area (Å²) >= 11 is 0. The number of benzene rings is 1. The maximum Gasteiger partial charge on any atom is 0.257 e. The van der Waals surface area contributed by atoms with Gasteiger partial charge in [0, 0.05) is 87.7 Å². The first-order chi connectivity index (χ1) is 21.8. The van der Waals surface area contributed by atoms with E-state index < -0.39 is 5.82 Å². The monoisotopic (exact) mass is 615 g/mol. The van der Waals surface area contributed by atoms with E-state index in [2.05, 4.69) is 30.1 Å². The SMILES string of the molecule is CCN(C(=O)c1cc(F)ccc1Oc1cncnc1N1CC2(CC(Oc3ccnc4c3CN(CC3CNC3)CC4)C2)C1)C(C)C. The van der Waals surface area contributed by atoms with Crippen molar-refractivity contribution in [3.05, 3.63) is 65.6 Å². The lowest BCUT2D eigenvalue weighted by Crippen LogP contribution is -2.65. The van der Waals surface area contributed by atoms with Gasteiger partial charge in [-0.3, -0.25) is 14.7 Å². The summed E-state index contributed by atoms with van der Waals surface area (Å²) in [7, 11) is 0. The van der Waals surface area contributed by atoms with Crippen molar-refractivity contribution in [2.75, 3.05) is 50.7 Å². The number of rotatable bonds is 10. The minimum Gasteiger partial charge on any atom is -0.490 e. The van der Waals surface area contributed by atoms with Crippen molar-refractivity contribution in [2.45, 2.75) is 58.7 Å². The van der Waals surface area contributed by atoms with Gasteiger partial charge in [-0.25, -0.2) is 14.4 Å². The molecule has 10 nitrogen and oxygen atoms in total. The highest BCUT2D eigenvalue weighted by Crippen LogP contribution is 2.52. The molecule has 2 aromatic heterocycles. The van der Waals surface area contributed by atoms with Crippen LogP contribution in [0.25, 0.3) is 0 Å². The lowest BCUT2D eigenvalue weighted by Gasteiger charge is -2.59. The predicted octanol–water partition coefficient (Wildman–Crippen LogP) is 4.30. The molecule has 0 atom stereocenters. The molecule has 45 heavy (non-hydrogen) atoms. The van der Waals surface area contributed by atoms with Crippen LogP contribution < -0.4 is 19.7 Å². The first-order valence-corrected chi connectivity index (χ1v) is 16.2. The number of fused-ring (bicyclic) bond motifs is 1. The summed E-state index contributed by atoms with van der Waals surface area (Å²) in [6.07, 6.45) is 8.12. The Morgan fingerprint density at radius 1 is 1.16 bits per heavy atom. The van der Waals surface area contributed by atoms with Crippen LogP contribution >= 0.6 is 0 Å². The number of nitrogens with zero attached hydrogens (tertiary/aromatic N) is 6. The third kappa shape index (κ3) is 5.95. The third-order valence-electron chi connectivity index (χ3n) is 9.77. The van der Waals surface area contributed by atoms with Crippen molar-refractivity contribution in [1.29, 1.82) is 0 Å². The van der Waals surface area contributed by atoms with E-state index in [1.807, 2.05) is 33.0 Å². The molecule has 0 unspecified atom stereocenters. The molecule has 0 bridgehead atoms. The summed E-state index contributed by atoms with van der Waals surface area (Å²) in [5.41, 5.74) is 2.79. The van der Waals surface area contributed by atoms with Crippen LogP contribution in [0, 0.1) is 17.2 Å². The van der Waals surface area contributed by atoms with E-state index in [0.717, 1.165) is 76.7 Å². The van der Waals surface area contributed by atoms with Crippen LogP contribution in [0.15, 0.2) is 43.0 Å². The van der Waals surface area contributed by atoms with Gasteiger partial charge in [0.2, 0.25) is 0 Å². The fourth-order valence-electron chi connectivity index (χ4n) is 7.31. The Morgan fingerprint density at radius 3 is 2.71 bits per heavy atom. The van der Waals surface area contributed by atoms with Crippen molar-refractivity contribution < 1.29 is 18.7 Å². The van der Waals surface area contributed by atoms with Crippen LogP contribution in [0.1, 0.15) is 55.2 Å². The van der Waals surface area contributed by atoms with Crippen LogP contribution in [0.5, 0.6) is 17.2 Å². The molecular formula is C34H42FN7O3. The maximum atomic E-state index is 14.3. The van der Waals surface area contributed by atoms with Crippen molar-refractivity contribution >= 4 is 11.7 Å². The molecule has 1 amide bonds. The second-order valence-corrected chi connectivity index (χ2v) is 13.4. The Labute approximate surface area is 263 Å². The number of aromatic nitrogens is 3. The Kier molecular flexibility index (Phi) is 8.07. The zero-order chi connectivity index (χ0) is 31.1. The highest BCUT2D eigenvalue weighted by Gasteiger charge is 2.54. The van der Waals surface area contributed by atoms with Crippen molar-refractivity contribution in [1.82, 2.24) is 30.1 Å². The summed E-state index contributed by atoms with van der Waals surface area (Å²) in [4.78, 5) is 33.1. The number of hydrogen-bond acceptors (Lipinski definition) is 9. The van der Waals surface area contributed by atoms with Gasteiger partial charge in [-0.05, 0) is 63.8 Å². The van der Waals surface area contributed by atoms with Gasteiger partial charge in [-0.2, -0.15) is 0 Å². The van der Waals surface area contributed by atoms with Crippen LogP contribution in [0.2, 0.25) is 0 Å². The van der Waals surface area contributed by atoms with Crippen LogP contribution in [0.3, 0.4) is 0 Å². The summed E-state index contributed by atoms with van der Waals surface area (Å²) in [6.45, 7) is 13.3. The molecular weight excluding hydrogens is 573 g/mol. The average Bonchev–Trinajstić information content (AvgIpc) is 2.97. The first kappa shape index (κ1) is 29.9. The molecule has 3 fully saturated rings. The van der Waals surface area contributed by atoms with Gasteiger partial charge < -0.3 is 24.6 Å². The number of pyridine rings is 1. The maximum absolute atomic E-state index is 14.3. The van der Waals surface area contributed by atoms with E-state index in [-0.39, 0.29) is 34.8 Å². The van der Waals surface area contributed by atoms with Gasteiger partial charge in [0.1, 0.15) is 29.7 Å². The highest BCUT2D eigenvalue weighted by atomic mass is 19.1. The second kappa shape index (κ2) is 12.2. The molecule has 1 aliphatic carbocycles. The number of carbonyl (C=O) groups is 1. The normalized spacial score (nSPS) is 19.4. The molecule has 3 aromatic rings. The van der Waals surface area contributed by atoms with Gasteiger partial charge in [0.15, 0.2) is 11.6 Å². The third-order valence-corrected chi connectivity index (χ3v) is 9.77. The number of ether oxygens (including phenoxy) is 2. The fourth-order valence-corrected chi connectivity index (χ4v) is 7.31. The number of carbonyl (C=O) groups excluding carboxylic acids is 1. The largest absolute Gasteiger partial charge is 0.490 e. The van der Waals surface area contributed by atoms with Crippen LogP contribution in [-0.2, 0) is 13.0 Å². The number of amides is 1. The smallest absolute Gasteiger partial charge is 0.257 e. The minimum atomic E-state index is -0.489. The molecule has 1 saturated carbocycles. The number of nitrogens with one attached hydrogen (secondary N) is 1. The van der Waals surface area contributed by atoms with Gasteiger partial charge in [0.25, 0.3) is 5.91 Å². The molecule has 2 saturated heterocycles. The zero-order valence-electron chi connectivity index (χ0n) is 26.3. The lowest BCUT2D eigenvalue weighted by molar-refractivity contribution is -0.0353. The molecule has 11 heteroatoms. The zero-order valence-corrected chi connectivity index (χ0v) is 26.3. The standard InChI is InChI=1S/C34H42FN7O3/c1-4-42(22(2)3)33(43)26-11-24(35)5-6-29(26)45-31-16-37-21-39-32(31)41-19-34(20-41)12-25(13-34)44-30-7-9-38-28-8-10-40(18-27(28)30)17-23-14-36-15-23/h5-7,9,11,16,21-23,25,36H,4,8,10,12-15,17-20H2,1-3H3. The average molecular weight is 616 g/mol. The Balaban J connectivity index is 0.990.